The first-order valence-electron chi connectivity index (χ1n) is 3.21. The lowest BCUT2D eigenvalue weighted by atomic mass is 10.4. The third-order valence-electron chi connectivity index (χ3n) is 1.14. The maximum atomic E-state index is 10.2. The zero-order chi connectivity index (χ0) is 8.97. The van der Waals surface area contributed by atoms with E-state index >= 15 is 0 Å². The van der Waals surface area contributed by atoms with Gasteiger partial charge in [0.2, 0.25) is 0 Å². The predicted octanol–water partition coefficient (Wildman–Crippen LogP) is 1.33. The first kappa shape index (κ1) is 8.80. The van der Waals surface area contributed by atoms with Crippen LogP contribution in [0.25, 0.3) is 0 Å². The lowest BCUT2D eigenvalue weighted by Crippen LogP contribution is -2.13. The second-order valence-corrected chi connectivity index (χ2v) is 2.51. The van der Waals surface area contributed by atoms with Crippen molar-refractivity contribution < 1.29 is 9.53 Å². The Morgan fingerprint density at radius 2 is 2.50 bits per heavy atom. The second-order valence-electron chi connectivity index (χ2n) is 2.07. The van der Waals surface area contributed by atoms with Crippen LogP contribution in [0.5, 0.6) is 0 Å². The van der Waals surface area contributed by atoms with E-state index in [2.05, 4.69) is 9.72 Å². The van der Waals surface area contributed by atoms with Crippen LogP contribution >= 0.6 is 11.6 Å². The Morgan fingerprint density at radius 1 is 1.75 bits per heavy atom. The average Bonchev–Trinajstić information content (AvgIpc) is 2.01. The van der Waals surface area contributed by atoms with E-state index in [1.807, 2.05) is 0 Å². The van der Waals surface area contributed by atoms with Crippen LogP contribution in [0.1, 0.15) is 5.69 Å². The summed E-state index contributed by atoms with van der Waals surface area (Å²) in [7, 11) is 0. The summed E-state index contributed by atoms with van der Waals surface area (Å²) in [5.41, 5.74) is 5.33. The minimum atomic E-state index is -0.822. The van der Waals surface area contributed by atoms with Gasteiger partial charge in [0.1, 0.15) is 6.61 Å². The summed E-state index contributed by atoms with van der Waals surface area (Å²) in [5, 5.41) is 0.549. The molecule has 1 rings (SSSR count). The molecule has 1 amide bonds. The quantitative estimate of drug-likeness (QED) is 0.758. The second kappa shape index (κ2) is 3.92. The number of carbonyl (C=O) groups is 1. The summed E-state index contributed by atoms with van der Waals surface area (Å²) in [6.07, 6.45) is 0.707. The van der Waals surface area contributed by atoms with E-state index in [0.717, 1.165) is 0 Å². The van der Waals surface area contributed by atoms with Crippen LogP contribution in [0, 0.1) is 0 Å². The van der Waals surface area contributed by atoms with Gasteiger partial charge in [-0.1, -0.05) is 11.6 Å². The van der Waals surface area contributed by atoms with Crippen molar-refractivity contribution in [2.45, 2.75) is 6.61 Å². The Bertz CT molecular complexity index is 290. The van der Waals surface area contributed by atoms with Gasteiger partial charge < -0.3 is 10.5 Å². The first-order chi connectivity index (χ1) is 5.68. The maximum Gasteiger partial charge on any atom is 0.404 e. The molecule has 0 atom stereocenters. The number of nitrogens with two attached hydrogens (primary N) is 1. The number of aromatic nitrogens is 1. The summed E-state index contributed by atoms with van der Waals surface area (Å²) in [6, 6.07) is 3.24. The Balaban J connectivity index is 2.57. The van der Waals surface area contributed by atoms with Crippen molar-refractivity contribution in [3.05, 3.63) is 29.0 Å². The van der Waals surface area contributed by atoms with E-state index in [-0.39, 0.29) is 6.61 Å². The number of rotatable bonds is 2. The number of hydrogen-bond donors (Lipinski definition) is 1. The standard InChI is InChI=1S/C7H7ClN2O2/c8-5-1-2-10-6(3-5)4-12-7(9)11/h1-3H,4H2,(H2,9,11). The van der Waals surface area contributed by atoms with Crippen LogP contribution in [0.4, 0.5) is 4.79 Å². The Morgan fingerprint density at radius 3 is 3.08 bits per heavy atom. The van der Waals surface area contributed by atoms with Gasteiger partial charge in [-0.15, -0.1) is 0 Å². The molecule has 0 aliphatic carbocycles. The van der Waals surface area contributed by atoms with Crippen molar-refractivity contribution in [1.29, 1.82) is 0 Å². The van der Waals surface area contributed by atoms with Gasteiger partial charge in [-0.2, -0.15) is 0 Å². The molecule has 0 saturated heterocycles. The zero-order valence-electron chi connectivity index (χ0n) is 6.16. The van der Waals surface area contributed by atoms with E-state index in [1.165, 1.54) is 6.20 Å². The van der Waals surface area contributed by atoms with Gasteiger partial charge in [0, 0.05) is 11.2 Å². The van der Waals surface area contributed by atoms with E-state index in [1.54, 1.807) is 12.1 Å². The molecule has 1 aromatic heterocycles. The minimum absolute atomic E-state index is 0.0515. The van der Waals surface area contributed by atoms with Gasteiger partial charge in [-0.25, -0.2) is 4.79 Å². The number of ether oxygens (including phenoxy) is 1. The lowest BCUT2D eigenvalue weighted by Gasteiger charge is -1.99. The Labute approximate surface area is 74.3 Å². The number of hydrogen-bond acceptors (Lipinski definition) is 3. The van der Waals surface area contributed by atoms with E-state index in [9.17, 15) is 4.79 Å². The number of halogens is 1. The molecule has 1 heterocycles. The molecule has 0 aliphatic rings. The van der Waals surface area contributed by atoms with Crippen molar-refractivity contribution in [2.75, 3.05) is 0 Å². The summed E-state index contributed by atoms with van der Waals surface area (Å²) < 4.78 is 4.50. The number of primary amides is 1. The van der Waals surface area contributed by atoms with Gasteiger partial charge in [-0.3, -0.25) is 4.98 Å². The average molecular weight is 187 g/mol. The summed E-state index contributed by atoms with van der Waals surface area (Å²) >= 11 is 5.65. The fraction of sp³-hybridized carbons (Fsp3) is 0.143. The SMILES string of the molecule is NC(=O)OCc1cc(Cl)ccn1. The monoisotopic (exact) mass is 186 g/mol. The molecule has 0 unspecified atom stereocenters. The molecule has 1 aromatic rings. The van der Waals surface area contributed by atoms with Crippen molar-refractivity contribution in [3.63, 3.8) is 0 Å². The van der Waals surface area contributed by atoms with Crippen LogP contribution in [-0.2, 0) is 11.3 Å². The molecule has 4 nitrogen and oxygen atoms in total. The lowest BCUT2D eigenvalue weighted by molar-refractivity contribution is 0.149. The highest BCUT2D eigenvalue weighted by Gasteiger charge is 1.98. The number of carbonyl (C=O) groups excluding carboxylic acids is 1. The third-order valence-corrected chi connectivity index (χ3v) is 1.38. The molecule has 0 saturated carbocycles. The fourth-order valence-corrected chi connectivity index (χ4v) is 0.855. The van der Waals surface area contributed by atoms with Gasteiger partial charge in [-0.05, 0) is 12.1 Å². The van der Waals surface area contributed by atoms with Gasteiger partial charge in [0.15, 0.2) is 0 Å². The highest BCUT2D eigenvalue weighted by molar-refractivity contribution is 6.30. The van der Waals surface area contributed by atoms with Crippen molar-refractivity contribution in [1.82, 2.24) is 4.98 Å². The molecule has 12 heavy (non-hydrogen) atoms. The van der Waals surface area contributed by atoms with E-state index in [0.29, 0.717) is 10.7 Å². The number of amides is 1. The normalized spacial score (nSPS) is 9.42. The fourth-order valence-electron chi connectivity index (χ4n) is 0.673. The van der Waals surface area contributed by atoms with Crippen molar-refractivity contribution >= 4 is 17.7 Å². The minimum Gasteiger partial charge on any atom is -0.443 e. The molecule has 0 spiro atoms. The summed E-state index contributed by atoms with van der Waals surface area (Å²) in [6.45, 7) is 0.0515. The van der Waals surface area contributed by atoms with Crippen molar-refractivity contribution in [2.24, 2.45) is 5.73 Å². The number of pyridine rings is 1. The summed E-state index contributed by atoms with van der Waals surface area (Å²) in [4.78, 5) is 14.1. The van der Waals surface area contributed by atoms with Crippen LogP contribution < -0.4 is 5.73 Å². The van der Waals surface area contributed by atoms with Gasteiger partial charge in [0.25, 0.3) is 0 Å². The third kappa shape index (κ3) is 2.75. The molecule has 5 heteroatoms. The highest BCUT2D eigenvalue weighted by atomic mass is 35.5. The molecule has 0 bridgehead atoms. The molecule has 0 aromatic carbocycles. The molecular formula is C7H7ClN2O2. The maximum absolute atomic E-state index is 10.2. The van der Waals surface area contributed by atoms with Crippen molar-refractivity contribution in [3.8, 4) is 0 Å². The molecule has 64 valence electrons. The van der Waals surface area contributed by atoms with E-state index in [4.69, 9.17) is 17.3 Å². The predicted molar refractivity (Wildman–Crippen MR) is 43.6 cm³/mol. The number of nitrogens with zero attached hydrogens (tertiary/aromatic N) is 1. The molecule has 2 N–H and O–H groups in total. The van der Waals surface area contributed by atoms with Gasteiger partial charge in [0.05, 0.1) is 5.69 Å². The van der Waals surface area contributed by atoms with Crippen LogP contribution in [-0.4, -0.2) is 11.1 Å². The smallest absolute Gasteiger partial charge is 0.404 e. The zero-order valence-corrected chi connectivity index (χ0v) is 6.91. The van der Waals surface area contributed by atoms with Gasteiger partial charge >= 0.3 is 6.09 Å². The Kier molecular flexibility index (Phi) is 2.88. The Hall–Kier alpha value is -1.29. The van der Waals surface area contributed by atoms with Crippen LogP contribution in [0.15, 0.2) is 18.3 Å². The molecule has 0 fully saturated rings. The molecule has 0 radical (unpaired) electrons. The molecule has 0 aliphatic heterocycles. The topological polar surface area (TPSA) is 65.2 Å². The summed E-state index contributed by atoms with van der Waals surface area (Å²) in [5.74, 6) is 0. The highest BCUT2D eigenvalue weighted by Crippen LogP contribution is 2.08. The first-order valence-corrected chi connectivity index (χ1v) is 3.59. The van der Waals surface area contributed by atoms with Crippen LogP contribution in [0.3, 0.4) is 0 Å². The van der Waals surface area contributed by atoms with Crippen LogP contribution in [0.2, 0.25) is 5.02 Å². The molecular weight excluding hydrogens is 180 g/mol. The largest absolute Gasteiger partial charge is 0.443 e. The van der Waals surface area contributed by atoms with E-state index < -0.39 is 6.09 Å².